The van der Waals surface area contributed by atoms with Crippen LogP contribution in [0.1, 0.15) is 56.3 Å². The Balaban J connectivity index is 2.24. The lowest BCUT2D eigenvalue weighted by Crippen LogP contribution is -2.25. The van der Waals surface area contributed by atoms with Gasteiger partial charge in [0.25, 0.3) is 0 Å². The third-order valence-corrected chi connectivity index (χ3v) is 4.77. The number of benzene rings is 1. The van der Waals surface area contributed by atoms with Gasteiger partial charge in [0.15, 0.2) is 17.6 Å². The van der Waals surface area contributed by atoms with E-state index in [9.17, 15) is 14.4 Å². The van der Waals surface area contributed by atoms with E-state index >= 15 is 0 Å². The highest BCUT2D eigenvalue weighted by atomic mass is 35.5. The number of ether oxygens (including phenoxy) is 4. The number of H-pyrrole nitrogens is 1. The van der Waals surface area contributed by atoms with Gasteiger partial charge in [-0.05, 0) is 45.4 Å². The minimum atomic E-state index is -1.11. The van der Waals surface area contributed by atoms with E-state index in [1.165, 1.54) is 33.3 Å². The molecule has 0 radical (unpaired) electrons. The summed E-state index contributed by atoms with van der Waals surface area (Å²) in [4.78, 5) is 40.4. The highest BCUT2D eigenvalue weighted by Gasteiger charge is 2.28. The standard InChI is InChI=1S/C21H24ClNO7/c1-7-29-21(26)16-10(2)17(23-11(16)3)18(24)12(4)30-20(25)13-8-14(22)19(28-6)15(9-13)27-5/h8-9,12,23H,7H2,1-6H3/t12-/m1/s1. The maximum Gasteiger partial charge on any atom is 0.340 e. The number of aryl methyl sites for hydroxylation is 1. The lowest BCUT2D eigenvalue weighted by Gasteiger charge is -2.14. The Bertz CT molecular complexity index is 980. The van der Waals surface area contributed by atoms with Gasteiger partial charge in [0.05, 0.1) is 42.7 Å². The third-order valence-electron chi connectivity index (χ3n) is 4.49. The first-order chi connectivity index (χ1) is 14.2. The molecule has 2 aromatic rings. The van der Waals surface area contributed by atoms with Crippen LogP contribution in [0.3, 0.4) is 0 Å². The van der Waals surface area contributed by atoms with Gasteiger partial charge in [0, 0.05) is 5.69 Å². The van der Waals surface area contributed by atoms with Crippen LogP contribution < -0.4 is 9.47 Å². The lowest BCUT2D eigenvalue weighted by atomic mass is 10.1. The molecule has 2 rings (SSSR count). The fraction of sp³-hybridized carbons (Fsp3) is 0.381. The minimum absolute atomic E-state index is 0.101. The van der Waals surface area contributed by atoms with Crippen molar-refractivity contribution in [1.82, 2.24) is 4.98 Å². The number of rotatable bonds is 8. The molecule has 1 heterocycles. The zero-order valence-corrected chi connectivity index (χ0v) is 18.4. The van der Waals surface area contributed by atoms with Gasteiger partial charge in [-0.1, -0.05) is 11.6 Å². The molecule has 0 aliphatic heterocycles. The SMILES string of the molecule is CCOC(=O)c1c(C)[nH]c(C(=O)[C@@H](C)OC(=O)c2cc(Cl)c(OC)c(OC)c2)c1C. The van der Waals surface area contributed by atoms with Crippen molar-refractivity contribution in [3.63, 3.8) is 0 Å². The predicted octanol–water partition coefficient (Wildman–Crippen LogP) is 3.91. The average molecular weight is 438 g/mol. The summed E-state index contributed by atoms with van der Waals surface area (Å²) in [5.41, 5.74) is 1.52. The van der Waals surface area contributed by atoms with Gasteiger partial charge < -0.3 is 23.9 Å². The van der Waals surface area contributed by atoms with Gasteiger partial charge in [0.1, 0.15) is 0 Å². The molecule has 0 bridgehead atoms. The van der Waals surface area contributed by atoms with E-state index < -0.39 is 23.8 Å². The fourth-order valence-corrected chi connectivity index (χ4v) is 3.31. The molecule has 30 heavy (non-hydrogen) atoms. The Morgan fingerprint density at radius 3 is 2.33 bits per heavy atom. The van der Waals surface area contributed by atoms with E-state index in [-0.39, 0.29) is 34.4 Å². The van der Waals surface area contributed by atoms with Gasteiger partial charge in [-0.2, -0.15) is 0 Å². The van der Waals surface area contributed by atoms with E-state index in [0.29, 0.717) is 16.8 Å². The van der Waals surface area contributed by atoms with Crippen LogP contribution in [0, 0.1) is 13.8 Å². The molecule has 0 saturated carbocycles. The maximum absolute atomic E-state index is 12.8. The monoisotopic (exact) mass is 437 g/mol. The van der Waals surface area contributed by atoms with Crippen LogP contribution >= 0.6 is 11.6 Å². The Kier molecular flexibility index (Phi) is 7.50. The van der Waals surface area contributed by atoms with Crippen LogP contribution in [-0.4, -0.2) is 49.6 Å². The Morgan fingerprint density at radius 2 is 1.77 bits per heavy atom. The van der Waals surface area contributed by atoms with Gasteiger partial charge in [-0.25, -0.2) is 9.59 Å². The molecule has 8 nitrogen and oxygen atoms in total. The molecular formula is C21H24ClNO7. The number of halogens is 1. The van der Waals surface area contributed by atoms with Gasteiger partial charge in [-0.15, -0.1) is 0 Å². The van der Waals surface area contributed by atoms with Gasteiger partial charge >= 0.3 is 11.9 Å². The van der Waals surface area contributed by atoms with Crippen LogP contribution in [0.4, 0.5) is 0 Å². The molecule has 162 valence electrons. The number of aromatic nitrogens is 1. The van der Waals surface area contributed by atoms with Crippen molar-refractivity contribution >= 4 is 29.3 Å². The first kappa shape index (κ1) is 23.3. The van der Waals surface area contributed by atoms with Gasteiger partial charge in [-0.3, -0.25) is 4.79 Å². The van der Waals surface area contributed by atoms with Crippen LogP contribution in [0.5, 0.6) is 11.5 Å². The van der Waals surface area contributed by atoms with Crippen LogP contribution in [-0.2, 0) is 9.47 Å². The quantitative estimate of drug-likeness (QED) is 0.493. The number of esters is 2. The molecule has 9 heteroatoms. The molecule has 0 spiro atoms. The summed E-state index contributed by atoms with van der Waals surface area (Å²) in [5, 5.41) is 0.165. The molecule has 1 N–H and O–H groups in total. The summed E-state index contributed by atoms with van der Waals surface area (Å²) in [6, 6.07) is 2.78. The molecule has 0 aliphatic carbocycles. The molecule has 1 aromatic heterocycles. The van der Waals surface area contributed by atoms with Crippen LogP contribution in [0.25, 0.3) is 0 Å². The molecule has 1 aromatic carbocycles. The maximum atomic E-state index is 12.8. The summed E-state index contributed by atoms with van der Waals surface area (Å²) in [6.45, 7) is 6.66. The number of carbonyl (C=O) groups excluding carboxylic acids is 3. The van der Waals surface area contributed by atoms with Crippen molar-refractivity contribution in [2.75, 3.05) is 20.8 Å². The first-order valence-electron chi connectivity index (χ1n) is 9.19. The third kappa shape index (κ3) is 4.59. The first-order valence-corrected chi connectivity index (χ1v) is 9.56. The molecule has 0 saturated heterocycles. The Labute approximate surface area is 179 Å². The molecule has 1 atom stereocenters. The minimum Gasteiger partial charge on any atom is -0.493 e. The normalized spacial score (nSPS) is 11.6. The summed E-state index contributed by atoms with van der Waals surface area (Å²) in [6.07, 6.45) is -1.11. The van der Waals surface area contributed by atoms with Crippen molar-refractivity contribution < 1.29 is 33.3 Å². The average Bonchev–Trinajstić information content (AvgIpc) is 3.00. The molecule has 0 aliphatic rings. The van der Waals surface area contributed by atoms with Crippen molar-refractivity contribution in [3.8, 4) is 11.5 Å². The number of Topliss-reactive ketones (excluding diaryl/α,β-unsaturated/α-hetero) is 1. The van der Waals surface area contributed by atoms with Crippen molar-refractivity contribution in [2.24, 2.45) is 0 Å². The van der Waals surface area contributed by atoms with Crippen molar-refractivity contribution in [1.29, 1.82) is 0 Å². The number of ketones is 1. The number of carbonyl (C=O) groups is 3. The number of hydrogen-bond donors (Lipinski definition) is 1. The van der Waals surface area contributed by atoms with Crippen LogP contribution in [0.15, 0.2) is 12.1 Å². The molecule has 0 unspecified atom stereocenters. The second kappa shape index (κ2) is 9.67. The smallest absolute Gasteiger partial charge is 0.340 e. The van der Waals surface area contributed by atoms with Gasteiger partial charge in [0.2, 0.25) is 5.78 Å². The van der Waals surface area contributed by atoms with E-state index in [1.807, 2.05) is 0 Å². The largest absolute Gasteiger partial charge is 0.493 e. The Hall–Kier alpha value is -3.00. The zero-order valence-electron chi connectivity index (χ0n) is 17.7. The highest BCUT2D eigenvalue weighted by Crippen LogP contribution is 2.36. The Morgan fingerprint density at radius 1 is 1.10 bits per heavy atom. The molecule has 0 fully saturated rings. The van der Waals surface area contributed by atoms with E-state index in [4.69, 9.17) is 30.5 Å². The van der Waals surface area contributed by atoms with E-state index in [2.05, 4.69) is 4.98 Å². The number of nitrogens with one attached hydrogen (secondary N) is 1. The zero-order chi connectivity index (χ0) is 22.6. The summed E-state index contributed by atoms with van der Waals surface area (Å²) in [5.74, 6) is -1.22. The van der Waals surface area contributed by atoms with E-state index in [0.717, 1.165) is 0 Å². The van der Waals surface area contributed by atoms with Crippen LogP contribution in [0.2, 0.25) is 5.02 Å². The fourth-order valence-electron chi connectivity index (χ4n) is 3.03. The molecular weight excluding hydrogens is 414 g/mol. The highest BCUT2D eigenvalue weighted by molar-refractivity contribution is 6.32. The number of aromatic amines is 1. The summed E-state index contributed by atoms with van der Waals surface area (Å²) < 4.78 is 20.6. The molecule has 0 amide bonds. The summed E-state index contributed by atoms with van der Waals surface area (Å²) >= 11 is 6.12. The number of hydrogen-bond acceptors (Lipinski definition) is 7. The summed E-state index contributed by atoms with van der Waals surface area (Å²) in [7, 11) is 2.83. The lowest BCUT2D eigenvalue weighted by molar-refractivity contribution is 0.0316. The second-order valence-electron chi connectivity index (χ2n) is 6.45. The van der Waals surface area contributed by atoms with Crippen molar-refractivity contribution in [3.05, 3.63) is 45.2 Å². The number of methoxy groups -OCH3 is 2. The predicted molar refractivity (Wildman–Crippen MR) is 110 cm³/mol. The second-order valence-corrected chi connectivity index (χ2v) is 6.86. The topological polar surface area (TPSA) is 104 Å². The van der Waals surface area contributed by atoms with Crippen molar-refractivity contribution in [2.45, 2.75) is 33.8 Å². The van der Waals surface area contributed by atoms with E-state index in [1.54, 1.807) is 20.8 Å².